The molecule has 0 bridgehead atoms. The molecule has 1 saturated carbocycles. The van der Waals surface area contributed by atoms with Crippen molar-refractivity contribution in [1.29, 1.82) is 0 Å². The zero-order valence-corrected chi connectivity index (χ0v) is 23.2. The van der Waals surface area contributed by atoms with E-state index in [-0.39, 0.29) is 1.43 Å². The molecule has 2 fully saturated rings. The van der Waals surface area contributed by atoms with Gasteiger partial charge in [-0.3, -0.25) is 4.79 Å². The van der Waals surface area contributed by atoms with Crippen LogP contribution < -0.4 is 0 Å². The van der Waals surface area contributed by atoms with Gasteiger partial charge in [-0.2, -0.15) is 0 Å². The summed E-state index contributed by atoms with van der Waals surface area (Å²) >= 11 is 0. The second kappa shape index (κ2) is 13.2. The van der Waals surface area contributed by atoms with Gasteiger partial charge in [0.05, 0.1) is 0 Å². The van der Waals surface area contributed by atoms with Crippen molar-refractivity contribution in [3.63, 3.8) is 0 Å². The van der Waals surface area contributed by atoms with Gasteiger partial charge in [0.25, 0.3) is 0 Å². The van der Waals surface area contributed by atoms with Crippen molar-refractivity contribution in [2.24, 2.45) is 17.8 Å². The number of carbonyl (C=O) groups excluding carboxylic acids is 1. The van der Waals surface area contributed by atoms with Crippen LogP contribution in [-0.4, -0.2) is 19.0 Å². The zero-order valence-electron chi connectivity index (χ0n) is 23.2. The summed E-state index contributed by atoms with van der Waals surface area (Å²) in [5.41, 5.74) is 8.24. The van der Waals surface area contributed by atoms with Crippen LogP contribution in [0.5, 0.6) is 0 Å². The third-order valence-corrected chi connectivity index (χ3v) is 9.56. The van der Waals surface area contributed by atoms with E-state index in [0.717, 1.165) is 62.7 Å². The molecule has 0 N–H and O–H groups in total. The largest absolute Gasteiger partial charge is 0.381 e. The van der Waals surface area contributed by atoms with Crippen LogP contribution in [0.15, 0.2) is 36.4 Å². The minimum atomic E-state index is 0. The van der Waals surface area contributed by atoms with E-state index in [2.05, 4.69) is 43.3 Å². The molecule has 2 aromatic rings. The average molecular weight is 503 g/mol. The number of Topliss-reactive ketones (excluding diaryl/α,β-unsaturated/α-hetero) is 1. The summed E-state index contributed by atoms with van der Waals surface area (Å²) in [6.07, 6.45) is 19.2. The Hall–Kier alpha value is -1.93. The molecule has 1 saturated heterocycles. The molecule has 202 valence electrons. The van der Waals surface area contributed by atoms with Gasteiger partial charge in [-0.25, -0.2) is 0 Å². The van der Waals surface area contributed by atoms with Crippen LogP contribution in [0.3, 0.4) is 0 Å². The third-order valence-electron chi connectivity index (χ3n) is 9.56. The Labute approximate surface area is 227 Å². The van der Waals surface area contributed by atoms with E-state index in [1.54, 1.807) is 0 Å². The second-order valence-electron chi connectivity index (χ2n) is 12.4. The molecule has 0 aromatic heterocycles. The number of hydrogen-bond acceptors (Lipinski definition) is 2. The molecule has 5 rings (SSSR count). The summed E-state index contributed by atoms with van der Waals surface area (Å²) in [6.45, 7) is 4.12. The van der Waals surface area contributed by atoms with E-state index in [4.69, 9.17) is 4.74 Å². The molecule has 0 amide bonds. The summed E-state index contributed by atoms with van der Waals surface area (Å²) in [5.74, 6) is 2.60. The molecule has 0 unspecified atom stereocenters. The highest BCUT2D eigenvalue weighted by atomic mass is 16.5. The number of aryl methyl sites for hydroxylation is 4. The lowest BCUT2D eigenvalue weighted by molar-refractivity contribution is 0.0640. The van der Waals surface area contributed by atoms with E-state index in [0.29, 0.717) is 18.1 Å². The van der Waals surface area contributed by atoms with Crippen LogP contribution in [0.4, 0.5) is 0 Å². The lowest BCUT2D eigenvalue weighted by Crippen LogP contribution is -2.19. The van der Waals surface area contributed by atoms with E-state index in [1.165, 1.54) is 92.0 Å². The lowest BCUT2D eigenvalue weighted by atomic mass is 9.79. The number of fused-ring (bicyclic) bond motifs is 1. The highest BCUT2D eigenvalue weighted by molar-refractivity contribution is 5.97. The topological polar surface area (TPSA) is 26.3 Å². The monoisotopic (exact) mass is 502 g/mol. The molecule has 0 spiro atoms. The Morgan fingerprint density at radius 2 is 1.51 bits per heavy atom. The number of benzene rings is 2. The number of ketones is 1. The molecule has 2 nitrogen and oxygen atoms in total. The second-order valence-corrected chi connectivity index (χ2v) is 12.4. The van der Waals surface area contributed by atoms with Crippen molar-refractivity contribution in [3.05, 3.63) is 69.8 Å². The molecule has 1 aliphatic heterocycles. The Morgan fingerprint density at radius 3 is 2.27 bits per heavy atom. The van der Waals surface area contributed by atoms with E-state index >= 15 is 0 Å². The van der Waals surface area contributed by atoms with Crippen LogP contribution >= 0.6 is 0 Å². The Bertz CT molecular complexity index is 1030. The Kier molecular flexibility index (Phi) is 9.54. The van der Waals surface area contributed by atoms with Gasteiger partial charge in [0.1, 0.15) is 0 Å². The number of hydrogen-bond donors (Lipinski definition) is 0. The highest BCUT2D eigenvalue weighted by Crippen LogP contribution is 2.32. The maximum atomic E-state index is 13.5. The maximum Gasteiger partial charge on any atom is 0.163 e. The van der Waals surface area contributed by atoms with E-state index in [1.807, 2.05) is 0 Å². The molecule has 0 radical (unpaired) electrons. The first-order chi connectivity index (χ1) is 18.2. The van der Waals surface area contributed by atoms with Crippen LogP contribution in [0, 0.1) is 17.8 Å². The number of rotatable bonds is 11. The summed E-state index contributed by atoms with van der Waals surface area (Å²) < 4.78 is 5.52. The van der Waals surface area contributed by atoms with Crippen LogP contribution in [-0.2, 0) is 36.8 Å². The third kappa shape index (κ3) is 7.34. The summed E-state index contributed by atoms with van der Waals surface area (Å²) in [4.78, 5) is 13.5. The minimum Gasteiger partial charge on any atom is -0.381 e. The van der Waals surface area contributed by atoms with Gasteiger partial charge in [-0.05, 0) is 110 Å². The SMILES string of the molecule is CCCc1cc(CCC2CCCC2)ccc1C(=O)C[C@H]1CCc2cc(CCC3CCOCC3)ccc2C1.[HH]. The molecule has 2 heteroatoms. The fourth-order valence-corrected chi connectivity index (χ4v) is 7.21. The molecule has 2 aromatic carbocycles. The normalized spacial score (nSPS) is 20.7. The Balaban J connectivity index is 0.00000336. The van der Waals surface area contributed by atoms with Gasteiger partial charge in [-0.15, -0.1) is 0 Å². The molecule has 1 heterocycles. The molecule has 2 aliphatic carbocycles. The van der Waals surface area contributed by atoms with Crippen molar-refractivity contribution in [2.75, 3.05) is 13.2 Å². The zero-order chi connectivity index (χ0) is 25.5. The van der Waals surface area contributed by atoms with Gasteiger partial charge in [0, 0.05) is 26.6 Å². The Morgan fingerprint density at radius 1 is 0.811 bits per heavy atom. The van der Waals surface area contributed by atoms with Gasteiger partial charge >= 0.3 is 0 Å². The predicted octanol–water partition coefficient (Wildman–Crippen LogP) is 8.75. The molecular weight excluding hydrogens is 452 g/mol. The van der Waals surface area contributed by atoms with Gasteiger partial charge in [-0.1, -0.05) is 75.4 Å². The van der Waals surface area contributed by atoms with Crippen molar-refractivity contribution in [1.82, 2.24) is 0 Å². The summed E-state index contributed by atoms with van der Waals surface area (Å²) in [5, 5.41) is 0. The van der Waals surface area contributed by atoms with Crippen molar-refractivity contribution < 1.29 is 11.0 Å². The molecular formula is C35H50O2. The van der Waals surface area contributed by atoms with Crippen molar-refractivity contribution >= 4 is 5.78 Å². The molecule has 37 heavy (non-hydrogen) atoms. The van der Waals surface area contributed by atoms with Gasteiger partial charge in [0.2, 0.25) is 0 Å². The standard InChI is InChI=1S/C35H48O2.H2/c1-2-5-33-23-29(10-8-26-6-3-4-7-26)14-17-34(33)35(36)25-30-13-16-31-22-28(12-15-32(31)24-30)11-9-27-18-20-37-21-19-27;/h12,14-15,17,22-23,26-27,30H,2-11,13,16,18-21,24-25H2,1H3;1H/t30-;/m0./s1. The smallest absolute Gasteiger partial charge is 0.163 e. The van der Waals surface area contributed by atoms with Gasteiger partial charge in [0.15, 0.2) is 5.78 Å². The minimum absolute atomic E-state index is 0. The van der Waals surface area contributed by atoms with Crippen LogP contribution in [0.2, 0.25) is 0 Å². The molecule has 3 aliphatic rings. The first kappa shape index (κ1) is 26.7. The van der Waals surface area contributed by atoms with Crippen molar-refractivity contribution in [3.8, 4) is 0 Å². The summed E-state index contributed by atoms with van der Waals surface area (Å²) in [6, 6.07) is 14.0. The van der Waals surface area contributed by atoms with Gasteiger partial charge < -0.3 is 4.74 Å². The quantitative estimate of drug-likeness (QED) is 0.287. The van der Waals surface area contributed by atoms with E-state index in [9.17, 15) is 4.79 Å². The summed E-state index contributed by atoms with van der Waals surface area (Å²) in [7, 11) is 0. The van der Waals surface area contributed by atoms with Crippen molar-refractivity contribution in [2.45, 2.75) is 110 Å². The average Bonchev–Trinajstić information content (AvgIpc) is 3.45. The molecule has 1 atom stereocenters. The fourth-order valence-electron chi connectivity index (χ4n) is 7.21. The maximum absolute atomic E-state index is 13.5. The fraction of sp³-hybridized carbons (Fsp3) is 0.629. The first-order valence-corrected chi connectivity index (χ1v) is 15.5. The highest BCUT2D eigenvalue weighted by Gasteiger charge is 2.24. The van der Waals surface area contributed by atoms with Crippen LogP contribution in [0.1, 0.15) is 117 Å². The number of carbonyl (C=O) groups is 1. The lowest BCUT2D eigenvalue weighted by Gasteiger charge is -2.26. The first-order valence-electron chi connectivity index (χ1n) is 15.5. The predicted molar refractivity (Wildman–Crippen MR) is 156 cm³/mol. The number of ether oxygens (including phenoxy) is 1. The van der Waals surface area contributed by atoms with Crippen LogP contribution in [0.25, 0.3) is 0 Å². The van der Waals surface area contributed by atoms with E-state index < -0.39 is 0 Å².